The topological polar surface area (TPSA) is 63.6 Å². The van der Waals surface area contributed by atoms with E-state index in [1.54, 1.807) is 0 Å². The van der Waals surface area contributed by atoms with Crippen molar-refractivity contribution in [2.75, 3.05) is 0 Å². The summed E-state index contributed by atoms with van der Waals surface area (Å²) in [6.07, 6.45) is 11.3. The number of hydrogen-bond acceptors (Lipinski definition) is 3. The number of carboxylic acid groups (broad SMARTS) is 1. The van der Waals surface area contributed by atoms with Gasteiger partial charge in [-0.15, -0.1) is 0 Å². The van der Waals surface area contributed by atoms with Crippen LogP contribution < -0.4 is 4.74 Å². The first-order valence-corrected chi connectivity index (χ1v) is 13.1. The van der Waals surface area contributed by atoms with Crippen LogP contribution in [0.1, 0.15) is 136 Å². The third-order valence-corrected chi connectivity index (χ3v) is 6.60. The average Bonchev–Trinajstić information content (AvgIpc) is 2.84. The maximum absolute atomic E-state index is 13.1. The molecule has 0 saturated carbocycles. The molecule has 0 aliphatic heterocycles. The average molecular weight is 467 g/mol. The number of benzene rings is 2. The van der Waals surface area contributed by atoms with E-state index in [1.165, 1.54) is 48.2 Å². The minimum Gasteiger partial charge on any atom is -0.478 e. The molecule has 2 aromatic carbocycles. The zero-order chi connectivity index (χ0) is 24.9. The summed E-state index contributed by atoms with van der Waals surface area (Å²) in [7, 11) is 0. The molecule has 4 nitrogen and oxygen atoms in total. The summed E-state index contributed by atoms with van der Waals surface area (Å²) in [5.74, 6) is 0.0367. The van der Waals surface area contributed by atoms with Gasteiger partial charge in [0.25, 0.3) is 0 Å². The Labute approximate surface area is 205 Å². The third-order valence-electron chi connectivity index (χ3n) is 6.60. The fourth-order valence-electron chi connectivity index (χ4n) is 4.84. The number of esters is 1. The smallest absolute Gasteiger partial charge is 0.343 e. The lowest BCUT2D eigenvalue weighted by molar-refractivity contribution is 0.0691. The lowest BCUT2D eigenvalue weighted by atomic mass is 9.79. The zero-order valence-corrected chi connectivity index (χ0v) is 21.4. The van der Waals surface area contributed by atoms with Gasteiger partial charge in [-0.05, 0) is 73.4 Å². The van der Waals surface area contributed by atoms with Gasteiger partial charge in [0.05, 0.1) is 11.1 Å². The van der Waals surface area contributed by atoms with Gasteiger partial charge < -0.3 is 9.84 Å². The van der Waals surface area contributed by atoms with Gasteiger partial charge in [0.2, 0.25) is 0 Å². The van der Waals surface area contributed by atoms with Crippen LogP contribution in [0, 0.1) is 0 Å². The molecule has 0 spiro atoms. The molecule has 0 bridgehead atoms. The Hall–Kier alpha value is -2.62. The van der Waals surface area contributed by atoms with Gasteiger partial charge in [-0.3, -0.25) is 0 Å². The molecule has 0 heterocycles. The first kappa shape index (κ1) is 27.6. The second kappa shape index (κ2) is 14.6. The molecule has 0 amide bonds. The zero-order valence-electron chi connectivity index (χ0n) is 21.4. The summed E-state index contributed by atoms with van der Waals surface area (Å²) >= 11 is 0. The predicted octanol–water partition coefficient (Wildman–Crippen LogP) is 8.75. The number of ether oxygens (including phenoxy) is 1. The van der Waals surface area contributed by atoms with Crippen molar-refractivity contribution in [3.8, 4) is 5.75 Å². The molecule has 186 valence electrons. The van der Waals surface area contributed by atoms with Crippen LogP contribution in [0.3, 0.4) is 0 Å². The second-order valence-electron chi connectivity index (χ2n) is 9.29. The molecule has 2 rings (SSSR count). The molecule has 0 aliphatic rings. The number of rotatable bonds is 15. The van der Waals surface area contributed by atoms with Crippen molar-refractivity contribution in [2.24, 2.45) is 0 Å². The fourth-order valence-corrected chi connectivity index (χ4v) is 4.84. The minimum absolute atomic E-state index is 0.153. The molecule has 1 N–H and O–H groups in total. The highest BCUT2D eigenvalue weighted by atomic mass is 16.5. The largest absolute Gasteiger partial charge is 0.478 e. The highest BCUT2D eigenvalue weighted by Crippen LogP contribution is 2.42. The van der Waals surface area contributed by atoms with Crippen molar-refractivity contribution in [2.45, 2.75) is 104 Å². The lowest BCUT2D eigenvalue weighted by Crippen LogP contribution is -2.15. The van der Waals surface area contributed by atoms with Crippen LogP contribution in [-0.4, -0.2) is 17.0 Å². The van der Waals surface area contributed by atoms with Gasteiger partial charge in [-0.2, -0.15) is 0 Å². The van der Waals surface area contributed by atoms with Crippen molar-refractivity contribution in [1.29, 1.82) is 0 Å². The third kappa shape index (κ3) is 7.72. The predicted molar refractivity (Wildman–Crippen MR) is 139 cm³/mol. The standard InChI is InChI=1S/C30H42O4/c1-5-9-14-22(12-7-3)26-16-11-17-27(28(26)23(13-8-4)15-10-6-2)34-30(33)25-20-18-24(19-21-25)29(31)32/h11,16-23H,5-10,12-15H2,1-4H3,(H,31,32). The van der Waals surface area contributed by atoms with Crippen molar-refractivity contribution in [3.63, 3.8) is 0 Å². The van der Waals surface area contributed by atoms with Crippen LogP contribution in [0.25, 0.3) is 0 Å². The fraction of sp³-hybridized carbons (Fsp3) is 0.533. The SMILES string of the molecule is CCCCC(CCC)c1cccc(OC(=O)c2ccc(C(=O)O)cc2)c1C(CCC)CCCC. The molecule has 34 heavy (non-hydrogen) atoms. The highest BCUT2D eigenvalue weighted by Gasteiger charge is 2.25. The number of carbonyl (C=O) groups is 2. The molecule has 2 unspecified atom stereocenters. The molecule has 2 aromatic rings. The summed E-state index contributed by atoms with van der Waals surface area (Å²) in [4.78, 5) is 24.2. The van der Waals surface area contributed by atoms with E-state index >= 15 is 0 Å². The maximum atomic E-state index is 13.1. The Morgan fingerprint density at radius 3 is 1.85 bits per heavy atom. The van der Waals surface area contributed by atoms with E-state index in [1.807, 2.05) is 12.1 Å². The maximum Gasteiger partial charge on any atom is 0.343 e. The van der Waals surface area contributed by atoms with Crippen LogP contribution in [-0.2, 0) is 0 Å². The highest BCUT2D eigenvalue weighted by molar-refractivity contribution is 5.93. The molecule has 0 saturated heterocycles. The van der Waals surface area contributed by atoms with Crippen LogP contribution >= 0.6 is 0 Å². The van der Waals surface area contributed by atoms with Crippen molar-refractivity contribution >= 4 is 11.9 Å². The first-order valence-electron chi connectivity index (χ1n) is 13.1. The van der Waals surface area contributed by atoms with E-state index in [-0.39, 0.29) is 5.56 Å². The number of unbranched alkanes of at least 4 members (excludes halogenated alkanes) is 2. The summed E-state index contributed by atoms with van der Waals surface area (Å²) < 4.78 is 6.03. The summed E-state index contributed by atoms with van der Waals surface area (Å²) in [5.41, 5.74) is 3.07. The first-order chi connectivity index (χ1) is 16.5. The number of hydrogen-bond donors (Lipinski definition) is 1. The van der Waals surface area contributed by atoms with E-state index in [2.05, 4.69) is 33.8 Å². The molecular weight excluding hydrogens is 424 g/mol. The van der Waals surface area contributed by atoms with E-state index in [0.29, 0.717) is 23.1 Å². The molecule has 0 aliphatic carbocycles. The van der Waals surface area contributed by atoms with E-state index in [4.69, 9.17) is 9.84 Å². The molecule has 0 aromatic heterocycles. The Kier molecular flexibility index (Phi) is 11.9. The Bertz CT molecular complexity index is 901. The van der Waals surface area contributed by atoms with Crippen LogP contribution in [0.5, 0.6) is 5.75 Å². The number of carboxylic acids is 1. The van der Waals surface area contributed by atoms with Gasteiger partial charge in [0.1, 0.15) is 5.75 Å². The monoisotopic (exact) mass is 466 g/mol. The van der Waals surface area contributed by atoms with Gasteiger partial charge in [0, 0.05) is 5.56 Å². The number of carbonyl (C=O) groups excluding carboxylic acids is 1. The Morgan fingerprint density at radius 1 is 0.735 bits per heavy atom. The van der Waals surface area contributed by atoms with E-state index in [9.17, 15) is 9.59 Å². The van der Waals surface area contributed by atoms with Crippen molar-refractivity contribution in [1.82, 2.24) is 0 Å². The van der Waals surface area contributed by atoms with Gasteiger partial charge >= 0.3 is 11.9 Å². The normalized spacial score (nSPS) is 12.8. The Morgan fingerprint density at radius 2 is 1.29 bits per heavy atom. The van der Waals surface area contributed by atoms with Crippen molar-refractivity contribution < 1.29 is 19.4 Å². The van der Waals surface area contributed by atoms with E-state index < -0.39 is 11.9 Å². The number of aromatic carboxylic acids is 1. The van der Waals surface area contributed by atoms with Crippen LogP contribution in [0.15, 0.2) is 42.5 Å². The van der Waals surface area contributed by atoms with Crippen molar-refractivity contribution in [3.05, 3.63) is 64.7 Å². The molecule has 0 radical (unpaired) electrons. The second-order valence-corrected chi connectivity index (χ2v) is 9.29. The summed E-state index contributed by atoms with van der Waals surface area (Å²) in [6.45, 7) is 8.92. The molecule has 0 fully saturated rings. The summed E-state index contributed by atoms with van der Waals surface area (Å²) in [5, 5.41) is 9.14. The van der Waals surface area contributed by atoms with E-state index in [0.717, 1.165) is 51.4 Å². The van der Waals surface area contributed by atoms with Gasteiger partial charge in [-0.1, -0.05) is 78.4 Å². The molecule has 2 atom stereocenters. The van der Waals surface area contributed by atoms with Crippen LogP contribution in [0.2, 0.25) is 0 Å². The van der Waals surface area contributed by atoms with Gasteiger partial charge in [-0.25, -0.2) is 9.59 Å². The van der Waals surface area contributed by atoms with Crippen LogP contribution in [0.4, 0.5) is 0 Å². The quantitative estimate of drug-likeness (QED) is 0.210. The summed E-state index contributed by atoms with van der Waals surface area (Å²) in [6, 6.07) is 12.1. The minimum atomic E-state index is -1.01. The lowest BCUT2D eigenvalue weighted by Gasteiger charge is -2.27. The molecular formula is C30H42O4. The van der Waals surface area contributed by atoms with Gasteiger partial charge in [0.15, 0.2) is 0 Å². The molecule has 4 heteroatoms. The Balaban J connectivity index is 2.49.